The number of likely N-dealkylation sites (tertiary alicyclic amines) is 1. The third-order valence-corrected chi connectivity index (χ3v) is 6.55. The number of benzene rings is 2. The zero-order valence-corrected chi connectivity index (χ0v) is 22.7. The molecule has 38 heavy (non-hydrogen) atoms. The predicted molar refractivity (Wildman–Crippen MR) is 152 cm³/mol. The standard InChI is InChI=1S/C28H34N4O4.C2H6/c1-2-11-31(12-3-14-33)28(36)23-15-22-9-8-21(16-25(22)30-26(29)17-23)19-4-6-20(7-5-19)27(35)32-13-10-24(34)18-32;1-2/h4-9,15-16,24,33-34H,2-3,10-14,17-18H2,1H3,(H2,29,30);1-2H3. The molecule has 1 unspecified atom stereocenters. The number of amides is 2. The quantitative estimate of drug-likeness (QED) is 0.486. The summed E-state index contributed by atoms with van der Waals surface area (Å²) in [5.41, 5.74) is 10.8. The maximum absolute atomic E-state index is 13.2. The van der Waals surface area contributed by atoms with E-state index in [1.807, 2.05) is 57.2 Å². The van der Waals surface area contributed by atoms with Crippen LogP contribution < -0.4 is 5.73 Å². The van der Waals surface area contributed by atoms with E-state index in [2.05, 4.69) is 4.99 Å². The van der Waals surface area contributed by atoms with Crippen LogP contribution in [0.4, 0.5) is 5.69 Å². The van der Waals surface area contributed by atoms with Crippen LogP contribution in [0.25, 0.3) is 17.2 Å². The average Bonchev–Trinajstić information content (AvgIpc) is 3.30. The fraction of sp³-hybridized carbons (Fsp3) is 0.433. The van der Waals surface area contributed by atoms with Crippen LogP contribution in [-0.2, 0) is 4.79 Å². The van der Waals surface area contributed by atoms with Gasteiger partial charge in [0.15, 0.2) is 0 Å². The zero-order chi connectivity index (χ0) is 27.7. The van der Waals surface area contributed by atoms with Gasteiger partial charge in [0.05, 0.1) is 11.8 Å². The van der Waals surface area contributed by atoms with Crippen LogP contribution in [0.5, 0.6) is 0 Å². The minimum Gasteiger partial charge on any atom is -0.396 e. The highest BCUT2D eigenvalue weighted by Gasteiger charge is 2.25. The van der Waals surface area contributed by atoms with Crippen molar-refractivity contribution in [2.45, 2.75) is 52.6 Å². The van der Waals surface area contributed by atoms with Gasteiger partial charge in [-0.2, -0.15) is 0 Å². The number of fused-ring (bicyclic) bond motifs is 1. The number of aliphatic hydroxyl groups is 2. The van der Waals surface area contributed by atoms with Crippen molar-refractivity contribution in [3.8, 4) is 11.1 Å². The Hall–Kier alpha value is -3.49. The molecule has 0 spiro atoms. The molecule has 2 amide bonds. The number of carbonyl (C=O) groups excluding carboxylic acids is 2. The molecule has 1 saturated heterocycles. The van der Waals surface area contributed by atoms with E-state index in [-0.39, 0.29) is 24.8 Å². The first-order valence-corrected chi connectivity index (χ1v) is 13.5. The van der Waals surface area contributed by atoms with Crippen molar-refractivity contribution in [3.63, 3.8) is 0 Å². The summed E-state index contributed by atoms with van der Waals surface area (Å²) in [5, 5.41) is 18.9. The molecule has 1 atom stereocenters. The van der Waals surface area contributed by atoms with Crippen LogP contribution >= 0.6 is 0 Å². The van der Waals surface area contributed by atoms with Crippen LogP contribution in [0.2, 0.25) is 0 Å². The van der Waals surface area contributed by atoms with Gasteiger partial charge in [0.1, 0.15) is 5.84 Å². The van der Waals surface area contributed by atoms with Crippen molar-refractivity contribution >= 4 is 29.4 Å². The Labute approximate surface area is 225 Å². The lowest BCUT2D eigenvalue weighted by molar-refractivity contribution is -0.127. The average molecular weight is 521 g/mol. The second kappa shape index (κ2) is 13.9. The highest BCUT2D eigenvalue weighted by Crippen LogP contribution is 2.32. The number of nitrogens with two attached hydrogens (primary N) is 1. The number of hydrogen-bond donors (Lipinski definition) is 3. The molecule has 2 aliphatic rings. The fourth-order valence-corrected chi connectivity index (χ4v) is 4.67. The Morgan fingerprint density at radius 2 is 1.82 bits per heavy atom. The van der Waals surface area contributed by atoms with Crippen LogP contribution in [0, 0.1) is 0 Å². The molecule has 8 nitrogen and oxygen atoms in total. The van der Waals surface area contributed by atoms with Gasteiger partial charge < -0.3 is 25.7 Å². The van der Waals surface area contributed by atoms with E-state index in [4.69, 9.17) is 5.73 Å². The normalized spacial score (nSPS) is 16.4. The molecule has 4 N–H and O–H groups in total. The molecule has 0 aliphatic carbocycles. The van der Waals surface area contributed by atoms with Crippen LogP contribution in [0.15, 0.2) is 53.0 Å². The smallest absolute Gasteiger partial charge is 0.253 e. The number of rotatable bonds is 8. The maximum Gasteiger partial charge on any atom is 0.253 e. The SMILES string of the molecule is CC.CCCN(CCCO)C(=O)C1=Cc2ccc(-c3ccc(C(=O)N4CCC(O)C4)cc3)cc2N=C(N)C1. The fourth-order valence-electron chi connectivity index (χ4n) is 4.67. The van der Waals surface area contributed by atoms with Crippen molar-refractivity contribution in [2.24, 2.45) is 10.7 Å². The Morgan fingerprint density at radius 1 is 1.11 bits per heavy atom. The first-order chi connectivity index (χ1) is 18.4. The number of amidine groups is 1. The van der Waals surface area contributed by atoms with Gasteiger partial charge in [-0.05, 0) is 54.7 Å². The molecule has 1 fully saturated rings. The van der Waals surface area contributed by atoms with Crippen LogP contribution in [-0.4, -0.2) is 76.6 Å². The molecule has 8 heteroatoms. The Kier molecular flexibility index (Phi) is 10.6. The van der Waals surface area contributed by atoms with E-state index < -0.39 is 6.10 Å². The topological polar surface area (TPSA) is 119 Å². The molecular formula is C30H40N4O4. The molecule has 0 bridgehead atoms. The number of β-amino-alcohol motifs (C(OH)–C–C–N with tert-alkyl or cyclic N) is 1. The van der Waals surface area contributed by atoms with E-state index in [1.165, 1.54) is 0 Å². The van der Waals surface area contributed by atoms with Crippen LogP contribution in [0.3, 0.4) is 0 Å². The number of aliphatic hydroxyl groups excluding tert-OH is 2. The molecule has 0 saturated carbocycles. The minimum absolute atomic E-state index is 0.0400. The van der Waals surface area contributed by atoms with Gasteiger partial charge in [-0.3, -0.25) is 9.59 Å². The summed E-state index contributed by atoms with van der Waals surface area (Å²) in [6, 6.07) is 13.3. The van der Waals surface area contributed by atoms with Crippen molar-refractivity contribution in [2.75, 3.05) is 32.8 Å². The maximum atomic E-state index is 13.2. The summed E-state index contributed by atoms with van der Waals surface area (Å²) in [4.78, 5) is 33.9. The second-order valence-electron chi connectivity index (χ2n) is 9.36. The van der Waals surface area contributed by atoms with E-state index in [0.717, 1.165) is 23.1 Å². The van der Waals surface area contributed by atoms with Gasteiger partial charge in [-0.15, -0.1) is 0 Å². The van der Waals surface area contributed by atoms with Crippen molar-refractivity contribution in [1.29, 1.82) is 0 Å². The molecular weight excluding hydrogens is 480 g/mol. The molecule has 0 aromatic heterocycles. The largest absolute Gasteiger partial charge is 0.396 e. The van der Waals surface area contributed by atoms with Gasteiger partial charge in [0.25, 0.3) is 5.91 Å². The first-order valence-electron chi connectivity index (χ1n) is 13.5. The third-order valence-electron chi connectivity index (χ3n) is 6.55. The van der Waals surface area contributed by atoms with E-state index in [9.17, 15) is 19.8 Å². The minimum atomic E-state index is -0.444. The third kappa shape index (κ3) is 7.08. The zero-order valence-electron chi connectivity index (χ0n) is 22.7. The number of hydrogen-bond acceptors (Lipinski definition) is 6. The van der Waals surface area contributed by atoms with Crippen molar-refractivity contribution in [3.05, 3.63) is 59.2 Å². The lowest BCUT2D eigenvalue weighted by Gasteiger charge is -2.23. The van der Waals surface area contributed by atoms with Gasteiger partial charge in [-0.25, -0.2) is 4.99 Å². The number of carbonyl (C=O) groups is 2. The second-order valence-corrected chi connectivity index (χ2v) is 9.36. The monoisotopic (exact) mass is 520 g/mol. The molecule has 2 aromatic carbocycles. The van der Waals surface area contributed by atoms with E-state index in [1.54, 1.807) is 21.9 Å². The number of nitrogens with zero attached hydrogens (tertiary/aromatic N) is 3. The van der Waals surface area contributed by atoms with Gasteiger partial charge in [-0.1, -0.05) is 45.0 Å². The van der Waals surface area contributed by atoms with Crippen molar-refractivity contribution in [1.82, 2.24) is 9.80 Å². The van der Waals surface area contributed by atoms with Crippen LogP contribution in [0.1, 0.15) is 62.4 Å². The Balaban J connectivity index is 0.00000195. The molecule has 4 rings (SSSR count). The van der Waals surface area contributed by atoms with E-state index in [0.29, 0.717) is 61.7 Å². The molecule has 204 valence electrons. The highest BCUT2D eigenvalue weighted by atomic mass is 16.3. The number of aliphatic imine (C=N–C) groups is 1. The Morgan fingerprint density at radius 3 is 2.45 bits per heavy atom. The van der Waals surface area contributed by atoms with E-state index >= 15 is 0 Å². The van der Waals surface area contributed by atoms with Crippen molar-refractivity contribution < 1.29 is 19.8 Å². The highest BCUT2D eigenvalue weighted by molar-refractivity contribution is 6.05. The van der Waals surface area contributed by atoms with Gasteiger partial charge in [0, 0.05) is 55.9 Å². The molecule has 2 aliphatic heterocycles. The lowest BCUT2D eigenvalue weighted by atomic mass is 9.99. The summed E-state index contributed by atoms with van der Waals surface area (Å²) in [7, 11) is 0. The predicted octanol–water partition coefficient (Wildman–Crippen LogP) is 3.98. The summed E-state index contributed by atoms with van der Waals surface area (Å²) < 4.78 is 0. The molecule has 2 heterocycles. The Bertz CT molecular complexity index is 1170. The first kappa shape index (κ1) is 29.1. The van der Waals surface area contributed by atoms with Gasteiger partial charge >= 0.3 is 0 Å². The van der Waals surface area contributed by atoms with Gasteiger partial charge in [0.2, 0.25) is 5.91 Å². The summed E-state index contributed by atoms with van der Waals surface area (Å²) in [6.45, 7) is 8.13. The summed E-state index contributed by atoms with van der Waals surface area (Å²) >= 11 is 0. The molecule has 2 aromatic rings. The molecule has 0 radical (unpaired) electrons. The lowest BCUT2D eigenvalue weighted by Crippen LogP contribution is -2.35. The summed E-state index contributed by atoms with van der Waals surface area (Å²) in [6.07, 6.45) is 3.67. The summed E-state index contributed by atoms with van der Waals surface area (Å²) in [5.74, 6) is 0.222.